The third-order valence-electron chi connectivity index (χ3n) is 7.54. The van der Waals surface area contributed by atoms with Crippen LogP contribution in [-0.4, -0.2) is 43.8 Å². The lowest BCUT2D eigenvalue weighted by molar-refractivity contribution is -0.121. The Hall–Kier alpha value is -4.76. The van der Waals surface area contributed by atoms with E-state index in [0.717, 1.165) is 16.1 Å². The normalized spacial score (nSPS) is 13.5. The average molecular weight is 611 g/mol. The van der Waals surface area contributed by atoms with E-state index in [4.69, 9.17) is 14.2 Å². The van der Waals surface area contributed by atoms with Gasteiger partial charge in [-0.3, -0.25) is 4.79 Å². The number of methoxy groups -OCH3 is 1. The van der Waals surface area contributed by atoms with Crippen molar-refractivity contribution in [3.05, 3.63) is 101 Å². The van der Waals surface area contributed by atoms with E-state index in [2.05, 4.69) is 5.32 Å². The smallest absolute Gasteiger partial charge is 0.344 e. The molecule has 1 N–H and O–H groups in total. The van der Waals surface area contributed by atoms with E-state index in [0.29, 0.717) is 45.0 Å². The number of thioether (sulfide) groups is 1. The number of amides is 1. The fourth-order valence-electron chi connectivity index (χ4n) is 5.27. The molecule has 0 spiro atoms. The van der Waals surface area contributed by atoms with Gasteiger partial charge in [0.05, 0.1) is 29.6 Å². The lowest BCUT2D eigenvalue weighted by Crippen LogP contribution is -2.52. The predicted molar refractivity (Wildman–Crippen MR) is 173 cm³/mol. The molecule has 0 unspecified atom stereocenters. The summed E-state index contributed by atoms with van der Waals surface area (Å²) in [7, 11) is 3.24. The van der Waals surface area contributed by atoms with Crippen LogP contribution in [0.4, 0.5) is 11.4 Å². The summed E-state index contributed by atoms with van der Waals surface area (Å²) < 4.78 is 17.3. The number of ether oxygens (including phenoxy) is 3. The van der Waals surface area contributed by atoms with Crippen molar-refractivity contribution in [2.75, 3.05) is 30.6 Å². The van der Waals surface area contributed by atoms with Crippen LogP contribution in [0, 0.1) is 6.92 Å². The van der Waals surface area contributed by atoms with E-state index < -0.39 is 17.5 Å². The second kappa shape index (κ2) is 12.5. The van der Waals surface area contributed by atoms with Crippen LogP contribution in [0.3, 0.4) is 0 Å². The number of hydrogen-bond acceptors (Lipinski definition) is 8. The topological polar surface area (TPSA) is 94.2 Å². The fourth-order valence-corrected chi connectivity index (χ4v) is 5.86. The summed E-state index contributed by atoms with van der Waals surface area (Å²) in [6.45, 7) is 5.49. The first-order valence-electron chi connectivity index (χ1n) is 14.0. The Morgan fingerprint density at radius 2 is 1.64 bits per heavy atom. The number of nitrogens with one attached hydrogen (secondary N) is 1. The van der Waals surface area contributed by atoms with Crippen molar-refractivity contribution in [2.45, 2.75) is 37.8 Å². The molecule has 1 aliphatic heterocycles. The minimum Gasteiger partial charge on any atom is -0.496 e. The molecule has 5 rings (SSSR count). The third kappa shape index (κ3) is 6.01. The molecule has 0 aromatic heterocycles. The molecule has 0 saturated carbocycles. The van der Waals surface area contributed by atoms with E-state index in [9.17, 15) is 14.4 Å². The molecule has 8 nitrogen and oxygen atoms in total. The molecule has 0 atom stereocenters. The van der Waals surface area contributed by atoms with Crippen molar-refractivity contribution in [1.82, 2.24) is 0 Å². The highest BCUT2D eigenvalue weighted by atomic mass is 32.2. The molecule has 4 aromatic carbocycles. The molecule has 0 fully saturated rings. The van der Waals surface area contributed by atoms with E-state index >= 15 is 0 Å². The molecular formula is C35H34N2O6S. The van der Waals surface area contributed by atoms with Crippen molar-refractivity contribution in [2.24, 2.45) is 0 Å². The predicted octanol–water partition coefficient (Wildman–Crippen LogP) is 7.14. The molecule has 9 heteroatoms. The zero-order chi connectivity index (χ0) is 31.6. The van der Waals surface area contributed by atoms with Gasteiger partial charge in [0.1, 0.15) is 23.6 Å². The van der Waals surface area contributed by atoms with Crippen LogP contribution < -0.4 is 19.7 Å². The Morgan fingerprint density at radius 1 is 0.932 bits per heavy atom. The average Bonchev–Trinajstić information content (AvgIpc) is 3.02. The van der Waals surface area contributed by atoms with Gasteiger partial charge in [-0.1, -0.05) is 35.9 Å². The van der Waals surface area contributed by atoms with Crippen LogP contribution in [0.2, 0.25) is 0 Å². The van der Waals surface area contributed by atoms with Crippen LogP contribution in [0.5, 0.6) is 11.5 Å². The summed E-state index contributed by atoms with van der Waals surface area (Å²) in [4.78, 5) is 41.8. The monoisotopic (exact) mass is 610 g/mol. The number of nitrogens with zero attached hydrogens (tertiary/aromatic N) is 1. The van der Waals surface area contributed by atoms with Gasteiger partial charge in [-0.15, -0.1) is 11.8 Å². The van der Waals surface area contributed by atoms with Crippen molar-refractivity contribution in [3.63, 3.8) is 0 Å². The lowest BCUT2D eigenvalue weighted by Gasteiger charge is -2.39. The quantitative estimate of drug-likeness (QED) is 0.128. The van der Waals surface area contributed by atoms with E-state index in [1.165, 1.54) is 18.9 Å². The van der Waals surface area contributed by atoms with Crippen LogP contribution in [0.1, 0.15) is 45.7 Å². The highest BCUT2D eigenvalue weighted by Gasteiger charge is 2.39. The lowest BCUT2D eigenvalue weighted by atomic mass is 9.91. The third-order valence-corrected chi connectivity index (χ3v) is 8.34. The van der Waals surface area contributed by atoms with E-state index in [-0.39, 0.29) is 12.5 Å². The highest BCUT2D eigenvalue weighted by Crippen LogP contribution is 2.45. The molecule has 4 aromatic rings. The zero-order valence-electron chi connectivity index (χ0n) is 25.5. The molecule has 44 heavy (non-hydrogen) atoms. The number of carbonyl (C=O) groups is 3. The van der Waals surface area contributed by atoms with Gasteiger partial charge in [-0.25, -0.2) is 9.59 Å². The second-order valence-electron chi connectivity index (χ2n) is 11.0. The number of hydrogen-bond donors (Lipinski definition) is 1. The molecule has 0 bridgehead atoms. The van der Waals surface area contributed by atoms with Crippen molar-refractivity contribution >= 4 is 41.0 Å². The Labute approximate surface area is 261 Å². The Balaban J connectivity index is 1.54. The highest BCUT2D eigenvalue weighted by molar-refractivity contribution is 7.98. The zero-order valence-corrected chi connectivity index (χ0v) is 26.3. The van der Waals surface area contributed by atoms with Gasteiger partial charge in [0.2, 0.25) is 0 Å². The summed E-state index contributed by atoms with van der Waals surface area (Å²) >= 11 is 1.47. The maximum Gasteiger partial charge on any atom is 0.344 e. The van der Waals surface area contributed by atoms with Crippen molar-refractivity contribution < 1.29 is 28.6 Å². The van der Waals surface area contributed by atoms with Crippen LogP contribution >= 0.6 is 11.8 Å². The van der Waals surface area contributed by atoms with Gasteiger partial charge in [0, 0.05) is 29.1 Å². The summed E-state index contributed by atoms with van der Waals surface area (Å²) in [5, 5.41) is 3.32. The van der Waals surface area contributed by atoms with Gasteiger partial charge in [-0.2, -0.15) is 0 Å². The number of aryl methyl sites for hydroxylation is 1. The van der Waals surface area contributed by atoms with Gasteiger partial charge in [0.15, 0.2) is 0 Å². The Bertz CT molecular complexity index is 1750. The first kappa shape index (κ1) is 30.7. The van der Waals surface area contributed by atoms with Crippen molar-refractivity contribution in [3.8, 4) is 22.6 Å². The van der Waals surface area contributed by atoms with Gasteiger partial charge < -0.3 is 24.4 Å². The number of fused-ring (bicyclic) bond motifs is 1. The maximum atomic E-state index is 13.3. The standard InChI is InChI=1S/C35H34N2O6S/c1-21-11-13-22(14-12-21)32(38)42-20-27-24(17-18-28-31(27)37(4)34(40)35(2,3)36-28)25-16-15-23(19-29(25)41-5)43-33(39)26-9-7-8-10-30(26)44-6/h7-19,36H,20H2,1-6H3. The maximum absolute atomic E-state index is 13.3. The molecule has 0 radical (unpaired) electrons. The minimum atomic E-state index is -0.822. The molecule has 0 aliphatic carbocycles. The first-order valence-corrected chi connectivity index (χ1v) is 15.3. The van der Waals surface area contributed by atoms with Crippen LogP contribution in [0.15, 0.2) is 83.8 Å². The van der Waals surface area contributed by atoms with Crippen molar-refractivity contribution in [1.29, 1.82) is 0 Å². The first-order chi connectivity index (χ1) is 21.0. The van der Waals surface area contributed by atoms with E-state index in [1.807, 2.05) is 63.4 Å². The fraction of sp³-hybridized carbons (Fsp3) is 0.229. The van der Waals surface area contributed by atoms with Gasteiger partial charge >= 0.3 is 11.9 Å². The number of rotatable bonds is 8. The largest absolute Gasteiger partial charge is 0.496 e. The minimum absolute atomic E-state index is 0.101. The van der Waals surface area contributed by atoms with E-state index in [1.54, 1.807) is 54.4 Å². The summed E-state index contributed by atoms with van der Waals surface area (Å²) in [5.74, 6) is -0.333. The number of likely N-dealkylation sites (N-methyl/N-ethyl adjacent to an activating group) is 1. The van der Waals surface area contributed by atoms with Gasteiger partial charge in [-0.05, 0) is 75.1 Å². The molecule has 1 amide bonds. The summed E-state index contributed by atoms with van der Waals surface area (Å²) in [6, 6.07) is 23.3. The SMILES string of the molecule is COc1cc(OC(=O)c2ccccc2SC)ccc1-c1ccc2c(c1COC(=O)c1ccc(C)cc1)N(C)C(=O)C(C)(C)N2. The number of esters is 2. The summed E-state index contributed by atoms with van der Waals surface area (Å²) in [5.41, 5.74) is 4.45. The number of carbonyl (C=O) groups excluding carboxylic acids is 3. The number of anilines is 2. The van der Waals surface area contributed by atoms with Gasteiger partial charge in [0.25, 0.3) is 5.91 Å². The number of benzene rings is 4. The molecule has 1 aliphatic rings. The second-order valence-corrected chi connectivity index (χ2v) is 11.8. The molecule has 0 saturated heterocycles. The summed E-state index contributed by atoms with van der Waals surface area (Å²) in [6.07, 6.45) is 1.90. The van der Waals surface area contributed by atoms with Crippen LogP contribution in [0.25, 0.3) is 11.1 Å². The Kier molecular flexibility index (Phi) is 8.69. The molecule has 1 heterocycles. The molecular weight excluding hydrogens is 576 g/mol. The Morgan fingerprint density at radius 3 is 2.34 bits per heavy atom. The molecule has 226 valence electrons. The van der Waals surface area contributed by atoms with Crippen LogP contribution in [-0.2, 0) is 16.1 Å².